The van der Waals surface area contributed by atoms with Crippen molar-refractivity contribution in [1.82, 2.24) is 0 Å². The summed E-state index contributed by atoms with van der Waals surface area (Å²) in [5, 5.41) is 0. The summed E-state index contributed by atoms with van der Waals surface area (Å²) in [4.78, 5) is 12.0. The molecule has 0 unspecified atom stereocenters. The summed E-state index contributed by atoms with van der Waals surface area (Å²) in [6.45, 7) is 10.9. The van der Waals surface area contributed by atoms with E-state index in [1.807, 2.05) is 20.8 Å². The number of carbonyl (C=O) groups is 1. The first-order valence-corrected chi connectivity index (χ1v) is 7.69. The SMILES string of the molecule is CCCc1c(C(C)=O)cc(OCC)c(OCC)c1OCC. The van der Waals surface area contributed by atoms with E-state index >= 15 is 0 Å². The van der Waals surface area contributed by atoms with Crippen LogP contribution in [-0.4, -0.2) is 25.6 Å². The smallest absolute Gasteiger partial charge is 0.203 e. The number of Topliss-reactive ketones (excluding diaryl/α,β-unsaturated/α-hetero) is 1. The highest BCUT2D eigenvalue weighted by atomic mass is 16.5. The molecule has 0 atom stereocenters. The molecule has 0 radical (unpaired) electrons. The number of ketones is 1. The second-order valence-corrected chi connectivity index (χ2v) is 4.66. The average Bonchev–Trinajstić information content (AvgIpc) is 2.44. The van der Waals surface area contributed by atoms with Crippen molar-refractivity contribution in [2.24, 2.45) is 0 Å². The lowest BCUT2D eigenvalue weighted by Crippen LogP contribution is -2.09. The third kappa shape index (κ3) is 4.13. The monoisotopic (exact) mass is 294 g/mol. The Hall–Kier alpha value is -1.71. The van der Waals surface area contributed by atoms with Crippen molar-refractivity contribution in [3.63, 3.8) is 0 Å². The molecule has 0 amide bonds. The van der Waals surface area contributed by atoms with Gasteiger partial charge in [0.15, 0.2) is 17.3 Å². The summed E-state index contributed by atoms with van der Waals surface area (Å²) in [7, 11) is 0. The second-order valence-electron chi connectivity index (χ2n) is 4.66. The maximum Gasteiger partial charge on any atom is 0.203 e. The number of hydrogen-bond donors (Lipinski definition) is 0. The molecule has 0 bridgehead atoms. The first-order valence-electron chi connectivity index (χ1n) is 7.69. The van der Waals surface area contributed by atoms with E-state index in [0.29, 0.717) is 42.6 Å². The van der Waals surface area contributed by atoms with Crippen molar-refractivity contribution in [2.45, 2.75) is 47.5 Å². The first-order chi connectivity index (χ1) is 10.1. The van der Waals surface area contributed by atoms with Gasteiger partial charge >= 0.3 is 0 Å². The van der Waals surface area contributed by atoms with Gasteiger partial charge in [-0.15, -0.1) is 0 Å². The van der Waals surface area contributed by atoms with Gasteiger partial charge in [0.1, 0.15) is 0 Å². The third-order valence-electron chi connectivity index (χ3n) is 3.06. The average molecular weight is 294 g/mol. The summed E-state index contributed by atoms with van der Waals surface area (Å²) >= 11 is 0. The molecule has 0 aliphatic carbocycles. The number of rotatable bonds is 9. The maximum absolute atomic E-state index is 12.0. The van der Waals surface area contributed by atoms with Crippen LogP contribution in [0.4, 0.5) is 0 Å². The van der Waals surface area contributed by atoms with Crippen LogP contribution in [0.2, 0.25) is 0 Å². The van der Waals surface area contributed by atoms with Crippen molar-refractivity contribution >= 4 is 5.78 Å². The Labute approximate surface area is 127 Å². The predicted octanol–water partition coefficient (Wildman–Crippen LogP) is 4.04. The molecule has 118 valence electrons. The minimum atomic E-state index is 0.0170. The molecule has 0 heterocycles. The van der Waals surface area contributed by atoms with Crippen LogP contribution in [-0.2, 0) is 6.42 Å². The van der Waals surface area contributed by atoms with Gasteiger partial charge in [0, 0.05) is 11.1 Å². The maximum atomic E-state index is 12.0. The Bertz CT molecular complexity index is 480. The minimum Gasteiger partial charge on any atom is -0.490 e. The van der Waals surface area contributed by atoms with Crippen LogP contribution in [0.25, 0.3) is 0 Å². The minimum absolute atomic E-state index is 0.0170. The lowest BCUT2D eigenvalue weighted by Gasteiger charge is -2.20. The van der Waals surface area contributed by atoms with Gasteiger partial charge in [-0.2, -0.15) is 0 Å². The van der Waals surface area contributed by atoms with Crippen LogP contribution in [0, 0.1) is 0 Å². The number of benzene rings is 1. The molecule has 0 aromatic heterocycles. The molecule has 0 saturated heterocycles. The van der Waals surface area contributed by atoms with Crippen molar-refractivity contribution in [2.75, 3.05) is 19.8 Å². The highest BCUT2D eigenvalue weighted by molar-refractivity contribution is 5.97. The predicted molar refractivity (Wildman–Crippen MR) is 83.9 cm³/mol. The van der Waals surface area contributed by atoms with E-state index in [-0.39, 0.29) is 5.78 Å². The van der Waals surface area contributed by atoms with Gasteiger partial charge in [-0.25, -0.2) is 0 Å². The normalized spacial score (nSPS) is 10.3. The first kappa shape index (κ1) is 17.3. The molecule has 1 aromatic carbocycles. The van der Waals surface area contributed by atoms with Gasteiger partial charge in [0.25, 0.3) is 0 Å². The van der Waals surface area contributed by atoms with E-state index in [0.717, 1.165) is 18.4 Å². The molecular weight excluding hydrogens is 268 g/mol. The van der Waals surface area contributed by atoms with Crippen molar-refractivity contribution < 1.29 is 19.0 Å². The summed E-state index contributed by atoms with van der Waals surface area (Å²) in [6, 6.07) is 1.78. The van der Waals surface area contributed by atoms with E-state index in [9.17, 15) is 4.79 Å². The molecule has 0 fully saturated rings. The van der Waals surface area contributed by atoms with E-state index < -0.39 is 0 Å². The standard InChI is InChI=1S/C17H26O4/c1-6-10-13-14(12(5)18)11-15(19-7-2)17(21-9-4)16(13)20-8-3/h11H,6-10H2,1-5H3. The largest absolute Gasteiger partial charge is 0.490 e. The summed E-state index contributed by atoms with van der Waals surface area (Å²) < 4.78 is 17.2. The summed E-state index contributed by atoms with van der Waals surface area (Å²) in [6.07, 6.45) is 1.70. The van der Waals surface area contributed by atoms with Gasteiger partial charge in [-0.1, -0.05) is 13.3 Å². The van der Waals surface area contributed by atoms with E-state index in [1.54, 1.807) is 13.0 Å². The number of hydrogen-bond acceptors (Lipinski definition) is 4. The molecule has 0 saturated carbocycles. The zero-order chi connectivity index (χ0) is 15.8. The molecular formula is C17H26O4. The van der Waals surface area contributed by atoms with Crippen LogP contribution < -0.4 is 14.2 Å². The fourth-order valence-electron chi connectivity index (χ4n) is 2.31. The Balaban J connectivity index is 3.56. The van der Waals surface area contributed by atoms with Crippen LogP contribution in [0.1, 0.15) is 57.0 Å². The van der Waals surface area contributed by atoms with Gasteiger partial charge in [0.2, 0.25) is 5.75 Å². The van der Waals surface area contributed by atoms with Crippen LogP contribution in [0.15, 0.2) is 6.07 Å². The lowest BCUT2D eigenvalue weighted by molar-refractivity contribution is 0.101. The van der Waals surface area contributed by atoms with Gasteiger partial charge < -0.3 is 14.2 Å². The van der Waals surface area contributed by atoms with E-state index in [1.165, 1.54) is 0 Å². The fraction of sp³-hybridized carbons (Fsp3) is 0.588. The fourth-order valence-corrected chi connectivity index (χ4v) is 2.31. The molecule has 21 heavy (non-hydrogen) atoms. The van der Waals surface area contributed by atoms with Gasteiger partial charge in [0.05, 0.1) is 19.8 Å². The third-order valence-corrected chi connectivity index (χ3v) is 3.06. The van der Waals surface area contributed by atoms with Crippen molar-refractivity contribution in [3.05, 3.63) is 17.2 Å². The Kier molecular flexibility index (Phi) is 7.06. The Morgan fingerprint density at radius 1 is 0.952 bits per heavy atom. The number of carbonyl (C=O) groups excluding carboxylic acids is 1. The van der Waals surface area contributed by atoms with Crippen LogP contribution in [0.3, 0.4) is 0 Å². The van der Waals surface area contributed by atoms with Crippen LogP contribution >= 0.6 is 0 Å². The van der Waals surface area contributed by atoms with Crippen LogP contribution in [0.5, 0.6) is 17.2 Å². The van der Waals surface area contributed by atoms with Crippen molar-refractivity contribution in [3.8, 4) is 17.2 Å². The summed E-state index contributed by atoms with van der Waals surface area (Å²) in [5.74, 6) is 1.85. The zero-order valence-electron chi connectivity index (χ0n) is 13.7. The molecule has 1 rings (SSSR count). The highest BCUT2D eigenvalue weighted by Crippen LogP contribution is 2.43. The van der Waals surface area contributed by atoms with E-state index in [2.05, 4.69) is 6.92 Å². The Morgan fingerprint density at radius 3 is 2.00 bits per heavy atom. The van der Waals surface area contributed by atoms with Crippen molar-refractivity contribution in [1.29, 1.82) is 0 Å². The molecule has 0 aliphatic rings. The molecule has 0 N–H and O–H groups in total. The zero-order valence-corrected chi connectivity index (χ0v) is 13.7. The van der Waals surface area contributed by atoms with E-state index in [4.69, 9.17) is 14.2 Å². The molecule has 0 spiro atoms. The molecule has 4 nitrogen and oxygen atoms in total. The molecule has 4 heteroatoms. The quantitative estimate of drug-likeness (QED) is 0.645. The molecule has 0 aliphatic heterocycles. The second kappa shape index (κ2) is 8.55. The molecule has 1 aromatic rings. The topological polar surface area (TPSA) is 44.8 Å². The number of ether oxygens (including phenoxy) is 3. The lowest BCUT2D eigenvalue weighted by atomic mass is 9.98. The summed E-state index contributed by atoms with van der Waals surface area (Å²) in [5.41, 5.74) is 1.57. The Morgan fingerprint density at radius 2 is 1.52 bits per heavy atom. The van der Waals surface area contributed by atoms with Gasteiger partial charge in [-0.3, -0.25) is 4.79 Å². The van der Waals surface area contributed by atoms with Gasteiger partial charge in [-0.05, 0) is 40.2 Å². The highest BCUT2D eigenvalue weighted by Gasteiger charge is 2.22.